The van der Waals surface area contributed by atoms with Crippen molar-refractivity contribution in [3.63, 3.8) is 0 Å². The molecular weight excluding hydrogens is 348 g/mol. The van der Waals surface area contributed by atoms with Crippen molar-refractivity contribution >= 4 is 17.5 Å². The molecule has 0 spiro atoms. The van der Waals surface area contributed by atoms with Crippen LogP contribution in [-0.4, -0.2) is 52.9 Å². The molecule has 8 heteroatoms. The molecule has 0 aliphatic carbocycles. The second-order valence-electron chi connectivity index (χ2n) is 6.58. The molecule has 0 radical (unpaired) electrons. The van der Waals surface area contributed by atoms with Crippen LogP contribution in [-0.2, 0) is 0 Å². The minimum Gasteiger partial charge on any atom is -0.486 e. The monoisotopic (exact) mass is 368 g/mol. The summed E-state index contributed by atoms with van der Waals surface area (Å²) in [4.78, 5) is 35.0. The number of piperidine rings is 1. The van der Waals surface area contributed by atoms with Gasteiger partial charge in [-0.25, -0.2) is 9.97 Å². The first kappa shape index (κ1) is 17.3. The van der Waals surface area contributed by atoms with Gasteiger partial charge in [0.05, 0.1) is 0 Å². The van der Waals surface area contributed by atoms with E-state index in [4.69, 9.17) is 15.2 Å². The van der Waals surface area contributed by atoms with E-state index in [1.807, 2.05) is 0 Å². The van der Waals surface area contributed by atoms with Gasteiger partial charge in [-0.1, -0.05) is 0 Å². The van der Waals surface area contributed by atoms with Gasteiger partial charge in [-0.3, -0.25) is 9.59 Å². The number of ketones is 1. The van der Waals surface area contributed by atoms with Crippen molar-refractivity contribution in [2.45, 2.75) is 12.8 Å². The van der Waals surface area contributed by atoms with Crippen LogP contribution in [0.15, 0.2) is 30.6 Å². The van der Waals surface area contributed by atoms with Crippen LogP contribution in [0.5, 0.6) is 11.5 Å². The number of nitrogens with two attached hydrogens (primary N) is 1. The van der Waals surface area contributed by atoms with Gasteiger partial charge in [0.15, 0.2) is 28.8 Å². The van der Waals surface area contributed by atoms with Crippen LogP contribution in [0.4, 0.5) is 5.82 Å². The van der Waals surface area contributed by atoms with E-state index in [1.165, 1.54) is 12.4 Å². The number of likely N-dealkylation sites (tertiary alicyclic amines) is 1. The van der Waals surface area contributed by atoms with Crippen LogP contribution in [0.25, 0.3) is 0 Å². The zero-order valence-electron chi connectivity index (χ0n) is 14.8. The highest BCUT2D eigenvalue weighted by molar-refractivity contribution is 5.99. The summed E-state index contributed by atoms with van der Waals surface area (Å²) in [6, 6.07) is 5.29. The van der Waals surface area contributed by atoms with E-state index in [0.717, 1.165) is 0 Å². The van der Waals surface area contributed by atoms with Gasteiger partial charge in [0.1, 0.15) is 13.2 Å². The summed E-state index contributed by atoms with van der Waals surface area (Å²) in [5, 5.41) is 0. The Morgan fingerprint density at radius 1 is 1.04 bits per heavy atom. The van der Waals surface area contributed by atoms with Gasteiger partial charge in [0.2, 0.25) is 0 Å². The molecule has 2 aliphatic heterocycles. The Morgan fingerprint density at radius 2 is 1.74 bits per heavy atom. The van der Waals surface area contributed by atoms with Gasteiger partial charge in [0.25, 0.3) is 5.91 Å². The van der Waals surface area contributed by atoms with Gasteiger partial charge in [-0.15, -0.1) is 0 Å². The zero-order valence-corrected chi connectivity index (χ0v) is 14.8. The van der Waals surface area contributed by atoms with Crippen molar-refractivity contribution in [3.8, 4) is 11.5 Å². The lowest BCUT2D eigenvalue weighted by atomic mass is 9.88. The van der Waals surface area contributed by atoms with Crippen LogP contribution in [0.1, 0.15) is 33.7 Å². The number of anilines is 1. The van der Waals surface area contributed by atoms with E-state index in [9.17, 15) is 9.59 Å². The summed E-state index contributed by atoms with van der Waals surface area (Å²) in [6.07, 6.45) is 4.09. The number of hydrogen-bond donors (Lipinski definition) is 1. The summed E-state index contributed by atoms with van der Waals surface area (Å²) in [7, 11) is 0. The van der Waals surface area contributed by atoms with E-state index >= 15 is 0 Å². The summed E-state index contributed by atoms with van der Waals surface area (Å²) in [5.74, 6) is 1.09. The van der Waals surface area contributed by atoms with Gasteiger partial charge < -0.3 is 20.1 Å². The molecule has 2 aliphatic rings. The van der Waals surface area contributed by atoms with E-state index in [1.54, 1.807) is 23.1 Å². The molecule has 0 bridgehead atoms. The number of rotatable bonds is 3. The highest BCUT2D eigenvalue weighted by Crippen LogP contribution is 2.32. The number of carbonyl (C=O) groups excluding carboxylic acids is 2. The molecule has 1 amide bonds. The number of nitrogens with zero attached hydrogens (tertiary/aromatic N) is 3. The van der Waals surface area contributed by atoms with Gasteiger partial charge in [0, 0.05) is 37.0 Å². The lowest BCUT2D eigenvalue weighted by Crippen LogP contribution is -2.41. The summed E-state index contributed by atoms with van der Waals surface area (Å²) >= 11 is 0. The highest BCUT2D eigenvalue weighted by Gasteiger charge is 2.30. The fraction of sp³-hybridized carbons (Fsp3) is 0.368. The fourth-order valence-electron chi connectivity index (χ4n) is 3.44. The van der Waals surface area contributed by atoms with Crippen molar-refractivity contribution < 1.29 is 19.1 Å². The van der Waals surface area contributed by atoms with Gasteiger partial charge in [-0.2, -0.15) is 0 Å². The first-order chi connectivity index (χ1) is 13.1. The van der Waals surface area contributed by atoms with Crippen molar-refractivity contribution in [2.24, 2.45) is 5.92 Å². The van der Waals surface area contributed by atoms with E-state index in [2.05, 4.69) is 9.97 Å². The third kappa shape index (κ3) is 3.42. The number of carbonyl (C=O) groups is 2. The third-order valence-corrected chi connectivity index (χ3v) is 4.91. The lowest BCUT2D eigenvalue weighted by molar-refractivity contribution is 0.0646. The Balaban J connectivity index is 1.41. The number of amides is 1. The number of fused-ring (bicyclic) bond motifs is 1. The third-order valence-electron chi connectivity index (χ3n) is 4.91. The number of ether oxygens (including phenoxy) is 2. The smallest absolute Gasteiger partial charge is 0.276 e. The van der Waals surface area contributed by atoms with Crippen molar-refractivity contribution in [1.82, 2.24) is 14.9 Å². The number of nitrogen functional groups attached to an aromatic ring is 1. The minimum absolute atomic E-state index is 0.0677. The molecule has 3 heterocycles. The summed E-state index contributed by atoms with van der Waals surface area (Å²) < 4.78 is 11.0. The Hall–Kier alpha value is -3.16. The van der Waals surface area contributed by atoms with Crippen LogP contribution in [0, 0.1) is 5.92 Å². The van der Waals surface area contributed by atoms with Crippen LogP contribution < -0.4 is 15.2 Å². The molecular formula is C19H20N4O4. The molecule has 1 saturated heterocycles. The Labute approximate surface area is 156 Å². The number of benzene rings is 1. The predicted molar refractivity (Wildman–Crippen MR) is 96.8 cm³/mol. The van der Waals surface area contributed by atoms with E-state index < -0.39 is 0 Å². The SMILES string of the molecule is Nc1nccnc1C(=O)N1CCC(C(=O)c2ccc3c(c2)OCCO3)CC1. The molecule has 2 aromatic rings. The quantitative estimate of drug-likeness (QED) is 0.819. The first-order valence-electron chi connectivity index (χ1n) is 8.93. The maximum atomic E-state index is 12.8. The highest BCUT2D eigenvalue weighted by atomic mass is 16.6. The largest absolute Gasteiger partial charge is 0.486 e. The Kier molecular flexibility index (Phi) is 4.62. The number of hydrogen-bond acceptors (Lipinski definition) is 7. The maximum absolute atomic E-state index is 12.8. The average Bonchev–Trinajstić information content (AvgIpc) is 2.73. The van der Waals surface area contributed by atoms with Crippen molar-refractivity contribution in [2.75, 3.05) is 32.0 Å². The maximum Gasteiger partial charge on any atom is 0.276 e. The molecule has 0 atom stereocenters. The summed E-state index contributed by atoms with van der Waals surface area (Å²) in [6.45, 7) is 1.96. The molecule has 0 saturated carbocycles. The van der Waals surface area contributed by atoms with Crippen molar-refractivity contribution in [1.29, 1.82) is 0 Å². The van der Waals surface area contributed by atoms with Crippen LogP contribution in [0.3, 0.4) is 0 Å². The fourth-order valence-corrected chi connectivity index (χ4v) is 3.44. The molecule has 27 heavy (non-hydrogen) atoms. The van der Waals surface area contributed by atoms with E-state index in [-0.39, 0.29) is 29.1 Å². The lowest BCUT2D eigenvalue weighted by Gasteiger charge is -2.31. The molecule has 1 fully saturated rings. The standard InChI is InChI=1S/C19H20N4O4/c20-18-16(21-5-6-22-18)19(25)23-7-3-12(4-8-23)17(24)13-1-2-14-15(11-13)27-10-9-26-14/h1-2,5-6,11-12H,3-4,7-10H2,(H2,20,22). The molecule has 4 rings (SSSR count). The van der Waals surface area contributed by atoms with E-state index in [0.29, 0.717) is 56.2 Å². The molecule has 8 nitrogen and oxygen atoms in total. The second kappa shape index (κ2) is 7.22. The van der Waals surface area contributed by atoms with Gasteiger partial charge >= 0.3 is 0 Å². The molecule has 0 unspecified atom stereocenters. The molecule has 1 aromatic carbocycles. The second-order valence-corrected chi connectivity index (χ2v) is 6.58. The van der Waals surface area contributed by atoms with Crippen molar-refractivity contribution in [3.05, 3.63) is 41.9 Å². The molecule has 140 valence electrons. The van der Waals surface area contributed by atoms with Crippen LogP contribution in [0.2, 0.25) is 0 Å². The number of aromatic nitrogens is 2. The molecule has 1 aromatic heterocycles. The Bertz CT molecular complexity index is 878. The number of Topliss-reactive ketones (excluding diaryl/α,β-unsaturated/α-hetero) is 1. The Morgan fingerprint density at radius 3 is 2.48 bits per heavy atom. The average molecular weight is 368 g/mol. The normalized spacial score (nSPS) is 16.8. The molecule has 2 N–H and O–H groups in total. The van der Waals surface area contributed by atoms with Gasteiger partial charge in [-0.05, 0) is 31.0 Å². The summed E-state index contributed by atoms with van der Waals surface area (Å²) in [5.41, 5.74) is 6.51. The minimum atomic E-state index is -0.245. The van der Waals surface area contributed by atoms with Crippen LogP contribution >= 0.6 is 0 Å². The first-order valence-corrected chi connectivity index (χ1v) is 8.93. The zero-order chi connectivity index (χ0) is 18.8. The predicted octanol–water partition coefficient (Wildman–Crippen LogP) is 1.57. The topological polar surface area (TPSA) is 108 Å².